The molecular formula is H78Ar60O40. The first-order valence-corrected chi connectivity index (χ1v) is 0. The van der Waals surface area contributed by atoms with Crippen LogP contribution in [-0.4, -0.2) is 214 Å². The first kappa shape index (κ1) is 951. The molecule has 0 atom stereocenters. The molecule has 0 saturated carbocycles. The quantitative estimate of drug-likeness (QED) is 0.218. The van der Waals surface area contributed by atoms with Gasteiger partial charge in [-0.1, -0.05) is 0 Å². The molecule has 0 amide bonds. The third kappa shape index (κ3) is 919. The van der Waals surface area contributed by atoms with Crippen LogP contribution in [0.4, 0.5) is 0 Å². The van der Waals surface area contributed by atoms with Crippen molar-refractivity contribution < 1.29 is 2480 Å². The minimum absolute atomic E-state index is 0. The minimum atomic E-state index is 0. The summed E-state index contributed by atoms with van der Waals surface area (Å²) in [5, 5.41) is 0. The molecule has 40 nitrogen and oxygen atoms in total. The number of hydrogen-bond donors (Lipinski definition) is 0. The zero-order valence-corrected chi connectivity index (χ0v) is 83.5. The topological polar surface area (TPSA) is 1260 Å². The van der Waals surface area contributed by atoms with Crippen molar-refractivity contribution in [3.8, 4) is 0 Å². The standard InChI is InChI=1S/60Ar.39H2O.O/h;;;;;;;;;;;;;;;;;;;;;;;;;;;;;;;;;;;;;;;;;;;;;;;;;;;;;;;;;;;;39*1H2;. The van der Waals surface area contributed by atoms with E-state index in [-0.39, 0.29) is 2480 Å². The van der Waals surface area contributed by atoms with Gasteiger partial charge in [0.25, 0.3) is 0 Å². The summed E-state index contributed by atoms with van der Waals surface area (Å²) in [4.78, 5) is 0. The Morgan fingerprint density at radius 1 is 0.0300 bits per heavy atom. The predicted molar refractivity (Wildman–Crippen MR) is 142 cm³/mol. The van der Waals surface area contributed by atoms with Gasteiger partial charge < -0.3 is 214 Å². The molecule has 0 fully saturated rings. The fourth-order valence-electron chi connectivity index (χ4n) is 0. The molecule has 0 heterocycles. The zero-order valence-electron chi connectivity index (χ0n) is 41.1. The molecule has 798 valence electrons. The largest absolute Gasteiger partial charge is 0.412 e. The Labute approximate surface area is 2390 Å². The van der Waals surface area contributed by atoms with Crippen molar-refractivity contribution in [1.29, 1.82) is 0 Å². The molecule has 0 aromatic heterocycles. The van der Waals surface area contributed by atoms with Gasteiger partial charge in [-0.25, -0.2) is 0 Å². The first-order valence-electron chi connectivity index (χ1n) is 0. The van der Waals surface area contributed by atoms with Gasteiger partial charge in [0, 0.05) is 2270 Å². The molecule has 0 aliphatic heterocycles. The summed E-state index contributed by atoms with van der Waals surface area (Å²) in [6.45, 7) is 0. The molecule has 0 aliphatic carbocycles. The van der Waals surface area contributed by atoms with Crippen LogP contribution in [0.1, 0.15) is 0 Å². The van der Waals surface area contributed by atoms with E-state index < -0.39 is 0 Å². The summed E-state index contributed by atoms with van der Waals surface area (Å²) in [6, 6.07) is 0. The predicted octanol–water partition coefficient (Wildman–Crippen LogP) is -32.3. The third-order valence-corrected chi connectivity index (χ3v) is 0. The second-order valence-corrected chi connectivity index (χ2v) is 0. The van der Waals surface area contributed by atoms with Gasteiger partial charge in [-0.2, -0.15) is 0 Å². The van der Waals surface area contributed by atoms with Crippen LogP contribution in [0, 0.1) is 2260 Å². The van der Waals surface area contributed by atoms with E-state index in [0.717, 1.165) is 0 Å². The van der Waals surface area contributed by atoms with Gasteiger partial charge in [0.2, 0.25) is 0 Å². The van der Waals surface area contributed by atoms with E-state index in [1.165, 1.54) is 0 Å². The van der Waals surface area contributed by atoms with Crippen LogP contribution in [0.3, 0.4) is 0 Å². The van der Waals surface area contributed by atoms with E-state index in [2.05, 4.69) is 0 Å². The normalized spacial score (nSPS) is 0. The molecule has 0 saturated heterocycles. The monoisotopic (exact) mass is 3120 g/mol. The van der Waals surface area contributed by atoms with Crippen LogP contribution in [0.2, 0.25) is 0 Å². The fraction of sp³-hybridized carbons (Fsp3) is 0. The summed E-state index contributed by atoms with van der Waals surface area (Å²) in [5.74, 6) is 0. The Balaban J connectivity index is 0. The summed E-state index contributed by atoms with van der Waals surface area (Å²) in [7, 11) is 0. The average molecular weight is 3120 g/mol. The van der Waals surface area contributed by atoms with Crippen LogP contribution in [0.25, 0.3) is 0 Å². The van der Waals surface area contributed by atoms with Gasteiger partial charge in [-0.3, -0.25) is 0 Å². The molecule has 78 N–H and O–H groups in total. The van der Waals surface area contributed by atoms with Gasteiger partial charge in [0.1, 0.15) is 0 Å². The molecular weight excluding hydrogens is 3040 g/mol. The van der Waals surface area contributed by atoms with E-state index in [0.29, 0.717) is 0 Å². The minimum Gasteiger partial charge on any atom is -0.412 e. The molecule has 0 aliphatic rings. The average Bonchev–Trinajstić information content (AvgIpc) is 0. The molecule has 100 heteroatoms. The Hall–Kier alpha value is 74.0. The maximum absolute atomic E-state index is 0. The first-order chi connectivity index (χ1) is 0. The maximum atomic E-state index is 0. The van der Waals surface area contributed by atoms with Crippen molar-refractivity contribution >= 4 is 0 Å². The Bertz CT molecular complexity index is 97.1. The number of rotatable bonds is 0. The Morgan fingerprint density at radius 2 is 0.0300 bits per heavy atom. The van der Waals surface area contributed by atoms with Crippen LogP contribution in [-0.2, 0) is 5.48 Å². The summed E-state index contributed by atoms with van der Waals surface area (Å²) < 4.78 is 0. The van der Waals surface area contributed by atoms with Crippen molar-refractivity contribution in [2.45, 2.75) is 0 Å². The zero-order chi connectivity index (χ0) is 0. The molecule has 0 aromatic rings. The van der Waals surface area contributed by atoms with Crippen molar-refractivity contribution in [3.05, 3.63) is 0 Å². The molecule has 0 unspecified atom stereocenters. The van der Waals surface area contributed by atoms with E-state index in [1.54, 1.807) is 0 Å². The van der Waals surface area contributed by atoms with E-state index in [4.69, 9.17) is 0 Å². The van der Waals surface area contributed by atoms with Gasteiger partial charge in [-0.05, 0) is 0 Å². The summed E-state index contributed by atoms with van der Waals surface area (Å²) >= 11 is 0. The molecule has 0 bridgehead atoms. The second kappa shape index (κ2) is 935. The van der Waals surface area contributed by atoms with Crippen molar-refractivity contribution in [2.24, 2.45) is 0 Å². The van der Waals surface area contributed by atoms with Gasteiger partial charge in [0.15, 0.2) is 0 Å². The van der Waals surface area contributed by atoms with E-state index in [1.807, 2.05) is 0 Å². The van der Waals surface area contributed by atoms with Crippen molar-refractivity contribution in [2.75, 3.05) is 0 Å². The summed E-state index contributed by atoms with van der Waals surface area (Å²) in [6.07, 6.45) is 0. The summed E-state index contributed by atoms with van der Waals surface area (Å²) in [5.41, 5.74) is 0. The molecule has 100 heavy (non-hydrogen) atoms. The SMILES string of the molecule is O.O.O.O.O.O.O.O.O.O.O.O.O.O.O.O.O.O.O.O.O.O.O.O.O.O.O.O.O.O.O.O.O.O.O.O.O.O.O.[Ar].[Ar].[Ar].[Ar].[Ar].[Ar].[Ar].[Ar].[Ar].[Ar].[Ar].[Ar].[Ar].[Ar].[Ar].[Ar].[Ar].[Ar].[Ar].[Ar].[Ar].[Ar].[Ar].[Ar].[Ar].[Ar].[Ar].[Ar].[Ar].[Ar].[Ar].[Ar].[Ar].[Ar].[Ar].[Ar].[Ar].[Ar].[Ar].[Ar].[Ar].[Ar].[Ar].[Ar].[Ar].[Ar].[Ar].[Ar].[Ar].[Ar].[Ar].[Ar].[Ar].[Ar].[Ar].[Ar].[Ar].[Ar].[Ar].[Ar].[O]. The van der Waals surface area contributed by atoms with Crippen molar-refractivity contribution in [1.82, 2.24) is 0 Å². The van der Waals surface area contributed by atoms with E-state index >= 15 is 0 Å². The van der Waals surface area contributed by atoms with Crippen LogP contribution >= 0.6 is 0 Å². The molecule has 0 aromatic carbocycles. The van der Waals surface area contributed by atoms with Crippen LogP contribution in [0.15, 0.2) is 0 Å². The van der Waals surface area contributed by atoms with Gasteiger partial charge >= 0.3 is 0 Å². The molecule has 0 rings (SSSR count). The van der Waals surface area contributed by atoms with Gasteiger partial charge in [-0.15, -0.1) is 0 Å². The Morgan fingerprint density at radius 3 is 0.0300 bits per heavy atom. The van der Waals surface area contributed by atoms with Crippen molar-refractivity contribution in [3.63, 3.8) is 0 Å². The Kier molecular flexibility index (Phi) is 8890. The maximum Gasteiger partial charge on any atom is 0 e. The van der Waals surface area contributed by atoms with Crippen LogP contribution in [0.5, 0.6) is 0 Å². The fourth-order valence-corrected chi connectivity index (χ4v) is 0. The number of hydrogen-bond acceptors (Lipinski definition) is 0. The van der Waals surface area contributed by atoms with Crippen LogP contribution < -0.4 is 0 Å². The molecule has 2 radical (unpaired) electrons. The molecule has 0 spiro atoms. The van der Waals surface area contributed by atoms with Gasteiger partial charge in [0.05, 0.1) is 0 Å². The second-order valence-electron chi connectivity index (χ2n) is 0. The van der Waals surface area contributed by atoms with E-state index in [9.17, 15) is 0 Å². The third-order valence-electron chi connectivity index (χ3n) is 0. The smallest absolute Gasteiger partial charge is 0 e.